The molecule has 0 unspecified atom stereocenters. The first-order valence-corrected chi connectivity index (χ1v) is 5.91. The number of aromatic nitrogens is 2. The Morgan fingerprint density at radius 1 is 1.22 bits per heavy atom. The first kappa shape index (κ1) is 12.8. The molecule has 0 saturated carbocycles. The van der Waals surface area contributed by atoms with Crippen LogP contribution >= 0.6 is 11.6 Å². The van der Waals surface area contributed by atoms with E-state index in [1.807, 2.05) is 24.3 Å². The number of halogens is 1. The molecule has 1 aromatic heterocycles. The number of nitrogens with one attached hydrogen (secondary N) is 1. The van der Waals surface area contributed by atoms with Gasteiger partial charge >= 0.3 is 0 Å². The Balaban J connectivity index is 2.13. The van der Waals surface area contributed by atoms with Crippen LogP contribution in [0.2, 0.25) is 5.15 Å². The average Bonchev–Trinajstić information content (AvgIpc) is 2.31. The third kappa shape index (κ3) is 3.42. The third-order valence-corrected chi connectivity index (χ3v) is 2.54. The van der Waals surface area contributed by atoms with E-state index < -0.39 is 0 Å². The highest BCUT2D eigenvalue weighted by Crippen LogP contribution is 2.18. The Labute approximate surface area is 111 Å². The van der Waals surface area contributed by atoms with E-state index in [-0.39, 0.29) is 0 Å². The second-order valence-corrected chi connectivity index (χ2v) is 4.27. The minimum atomic E-state index is 0.431. The van der Waals surface area contributed by atoms with Crippen LogP contribution in [0.4, 0.5) is 11.5 Å². The molecular weight excluding hydrogens is 250 g/mol. The lowest BCUT2D eigenvalue weighted by Gasteiger charge is -2.07. The zero-order valence-electron chi connectivity index (χ0n) is 10.3. The number of anilines is 2. The van der Waals surface area contributed by atoms with Gasteiger partial charge in [-0.25, -0.2) is 9.97 Å². The van der Waals surface area contributed by atoms with Gasteiger partial charge in [-0.15, -0.1) is 0 Å². The van der Waals surface area contributed by atoms with Crippen molar-refractivity contribution in [2.75, 3.05) is 12.4 Å². The monoisotopic (exact) mass is 263 g/mol. The van der Waals surface area contributed by atoms with Crippen LogP contribution in [0.5, 0.6) is 0 Å². The van der Waals surface area contributed by atoms with Gasteiger partial charge in [0.25, 0.3) is 0 Å². The van der Waals surface area contributed by atoms with Gasteiger partial charge in [-0.1, -0.05) is 23.7 Å². The number of ether oxygens (including phenoxy) is 1. The van der Waals surface area contributed by atoms with Gasteiger partial charge < -0.3 is 10.1 Å². The lowest BCUT2D eigenvalue weighted by Crippen LogP contribution is -1.97. The third-order valence-electron chi connectivity index (χ3n) is 2.34. The van der Waals surface area contributed by atoms with Crippen LogP contribution < -0.4 is 5.32 Å². The van der Waals surface area contributed by atoms with E-state index in [4.69, 9.17) is 16.3 Å². The zero-order valence-corrected chi connectivity index (χ0v) is 11.0. The van der Waals surface area contributed by atoms with Crippen molar-refractivity contribution in [1.82, 2.24) is 9.97 Å². The van der Waals surface area contributed by atoms with Gasteiger partial charge in [-0.05, 0) is 24.6 Å². The summed E-state index contributed by atoms with van der Waals surface area (Å²) >= 11 is 5.88. The Morgan fingerprint density at radius 2 is 1.94 bits per heavy atom. The summed E-state index contributed by atoms with van der Waals surface area (Å²) in [7, 11) is 1.68. The van der Waals surface area contributed by atoms with Gasteiger partial charge in [0.15, 0.2) is 0 Å². The van der Waals surface area contributed by atoms with Crippen LogP contribution in [-0.4, -0.2) is 17.1 Å². The van der Waals surface area contributed by atoms with E-state index in [9.17, 15) is 0 Å². The van der Waals surface area contributed by atoms with Crippen molar-refractivity contribution in [2.45, 2.75) is 13.5 Å². The predicted octanol–water partition coefficient (Wildman–Crippen LogP) is 3.33. The molecule has 0 amide bonds. The largest absolute Gasteiger partial charge is 0.380 e. The normalized spacial score (nSPS) is 10.4. The molecular formula is C13H14ClN3O. The van der Waals surface area contributed by atoms with E-state index in [1.165, 1.54) is 0 Å². The number of benzene rings is 1. The number of methoxy groups -OCH3 is 1. The standard InChI is InChI=1S/C13H14ClN3O/c1-9-15-12(14)7-13(16-9)17-11-5-3-10(4-6-11)8-18-2/h3-7H,8H2,1-2H3,(H,15,16,17). The first-order valence-electron chi connectivity index (χ1n) is 5.53. The summed E-state index contributed by atoms with van der Waals surface area (Å²) in [6.45, 7) is 2.41. The van der Waals surface area contributed by atoms with Gasteiger partial charge in [0, 0.05) is 18.9 Å². The lowest BCUT2D eigenvalue weighted by molar-refractivity contribution is 0.185. The number of nitrogens with zero attached hydrogens (tertiary/aromatic N) is 2. The van der Waals surface area contributed by atoms with E-state index in [2.05, 4.69) is 15.3 Å². The summed E-state index contributed by atoms with van der Waals surface area (Å²) in [6, 6.07) is 9.64. The molecule has 0 fully saturated rings. The van der Waals surface area contributed by atoms with Gasteiger partial charge in [0.2, 0.25) is 0 Å². The van der Waals surface area contributed by atoms with Crippen molar-refractivity contribution < 1.29 is 4.74 Å². The molecule has 1 N–H and O–H groups in total. The molecule has 4 nitrogen and oxygen atoms in total. The fourth-order valence-corrected chi connectivity index (χ4v) is 1.82. The molecule has 1 aromatic carbocycles. The van der Waals surface area contributed by atoms with Gasteiger partial charge in [-0.3, -0.25) is 0 Å². The Hall–Kier alpha value is -1.65. The highest BCUT2D eigenvalue weighted by molar-refractivity contribution is 6.29. The minimum Gasteiger partial charge on any atom is -0.380 e. The van der Waals surface area contributed by atoms with Crippen molar-refractivity contribution in [3.05, 3.63) is 46.9 Å². The molecule has 18 heavy (non-hydrogen) atoms. The van der Waals surface area contributed by atoms with Crippen LogP contribution in [0.3, 0.4) is 0 Å². The molecule has 0 aliphatic carbocycles. The maximum Gasteiger partial charge on any atom is 0.135 e. The van der Waals surface area contributed by atoms with Crippen LogP contribution in [0.15, 0.2) is 30.3 Å². The predicted molar refractivity (Wildman–Crippen MR) is 72.2 cm³/mol. The van der Waals surface area contributed by atoms with Crippen molar-refractivity contribution in [1.29, 1.82) is 0 Å². The Morgan fingerprint density at radius 3 is 2.56 bits per heavy atom. The van der Waals surface area contributed by atoms with Crippen LogP contribution in [0.25, 0.3) is 0 Å². The van der Waals surface area contributed by atoms with E-state index >= 15 is 0 Å². The first-order chi connectivity index (χ1) is 8.67. The second-order valence-electron chi connectivity index (χ2n) is 3.88. The summed E-state index contributed by atoms with van der Waals surface area (Å²) in [4.78, 5) is 8.27. The van der Waals surface area contributed by atoms with E-state index in [1.54, 1.807) is 20.1 Å². The Bertz CT molecular complexity index is 508. The maximum absolute atomic E-state index is 5.88. The summed E-state index contributed by atoms with van der Waals surface area (Å²) in [5.41, 5.74) is 2.07. The van der Waals surface area contributed by atoms with Crippen LogP contribution in [-0.2, 0) is 11.3 Å². The van der Waals surface area contributed by atoms with Crippen molar-refractivity contribution >= 4 is 23.1 Å². The molecule has 0 bridgehead atoms. The summed E-state index contributed by atoms with van der Waals surface area (Å²) in [6.07, 6.45) is 0. The number of rotatable bonds is 4. The zero-order chi connectivity index (χ0) is 13.0. The molecule has 0 saturated heterocycles. The molecule has 2 aromatic rings. The quantitative estimate of drug-likeness (QED) is 0.860. The smallest absolute Gasteiger partial charge is 0.135 e. The molecule has 0 atom stereocenters. The molecule has 0 aliphatic rings. The molecule has 0 aliphatic heterocycles. The van der Waals surface area contributed by atoms with Crippen molar-refractivity contribution in [3.8, 4) is 0 Å². The van der Waals surface area contributed by atoms with E-state index in [0.29, 0.717) is 23.4 Å². The van der Waals surface area contributed by atoms with Crippen molar-refractivity contribution in [2.24, 2.45) is 0 Å². The average molecular weight is 264 g/mol. The maximum atomic E-state index is 5.88. The summed E-state index contributed by atoms with van der Waals surface area (Å²) in [5, 5.41) is 3.61. The van der Waals surface area contributed by atoms with E-state index in [0.717, 1.165) is 11.3 Å². The summed E-state index contributed by atoms with van der Waals surface area (Å²) in [5.74, 6) is 1.33. The molecule has 0 radical (unpaired) electrons. The lowest BCUT2D eigenvalue weighted by atomic mass is 10.2. The number of hydrogen-bond donors (Lipinski definition) is 1. The highest BCUT2D eigenvalue weighted by Gasteiger charge is 2.01. The SMILES string of the molecule is COCc1ccc(Nc2cc(Cl)nc(C)n2)cc1. The number of aryl methyl sites for hydroxylation is 1. The van der Waals surface area contributed by atoms with Gasteiger partial charge in [-0.2, -0.15) is 0 Å². The van der Waals surface area contributed by atoms with Crippen LogP contribution in [0.1, 0.15) is 11.4 Å². The molecule has 2 rings (SSSR count). The van der Waals surface area contributed by atoms with Gasteiger partial charge in [0.1, 0.15) is 16.8 Å². The fourth-order valence-electron chi connectivity index (χ4n) is 1.59. The molecule has 5 heteroatoms. The minimum absolute atomic E-state index is 0.431. The Kier molecular flexibility index (Phi) is 4.12. The number of hydrogen-bond acceptors (Lipinski definition) is 4. The van der Waals surface area contributed by atoms with Crippen molar-refractivity contribution in [3.63, 3.8) is 0 Å². The topological polar surface area (TPSA) is 47.0 Å². The highest BCUT2D eigenvalue weighted by atomic mass is 35.5. The molecule has 1 heterocycles. The fraction of sp³-hybridized carbons (Fsp3) is 0.231. The molecule has 94 valence electrons. The second kappa shape index (κ2) is 5.80. The van der Waals surface area contributed by atoms with Gasteiger partial charge in [0.05, 0.1) is 6.61 Å². The molecule has 0 spiro atoms. The summed E-state index contributed by atoms with van der Waals surface area (Å²) < 4.78 is 5.06. The van der Waals surface area contributed by atoms with Crippen LogP contribution in [0, 0.1) is 6.92 Å².